The van der Waals surface area contributed by atoms with E-state index < -0.39 is 10.0 Å². The number of carbonyl (C=O) groups is 2. The molecule has 27 heavy (non-hydrogen) atoms. The molecule has 148 valence electrons. The first-order valence-corrected chi connectivity index (χ1v) is 10.9. The summed E-state index contributed by atoms with van der Waals surface area (Å²) >= 11 is 0. The van der Waals surface area contributed by atoms with E-state index >= 15 is 0 Å². The lowest BCUT2D eigenvalue weighted by Gasteiger charge is -2.38. The van der Waals surface area contributed by atoms with Crippen molar-refractivity contribution < 1.29 is 18.0 Å². The van der Waals surface area contributed by atoms with Crippen LogP contribution in [0.4, 0.5) is 0 Å². The zero-order valence-electron chi connectivity index (χ0n) is 15.8. The average molecular weight is 394 g/mol. The van der Waals surface area contributed by atoms with E-state index in [1.807, 2.05) is 11.8 Å². The number of Topliss-reactive ketones (excluding diaryl/α,β-unsaturated/α-hetero) is 1. The molecule has 0 saturated carbocycles. The Hall–Kier alpha value is -1.77. The van der Waals surface area contributed by atoms with Crippen LogP contribution in [0.5, 0.6) is 0 Å². The van der Waals surface area contributed by atoms with Crippen LogP contribution in [0.25, 0.3) is 0 Å². The minimum absolute atomic E-state index is 0.0968. The maximum atomic E-state index is 12.8. The Labute approximate surface area is 160 Å². The lowest BCUT2D eigenvalue weighted by Crippen LogP contribution is -2.55. The summed E-state index contributed by atoms with van der Waals surface area (Å²) in [6, 6.07) is 6.21. The van der Waals surface area contributed by atoms with Crippen molar-refractivity contribution in [3.8, 4) is 0 Å². The van der Waals surface area contributed by atoms with E-state index in [0.717, 1.165) is 13.1 Å². The van der Waals surface area contributed by atoms with Gasteiger partial charge in [0.2, 0.25) is 15.9 Å². The quantitative estimate of drug-likeness (QED) is 0.775. The molecule has 2 saturated heterocycles. The van der Waals surface area contributed by atoms with E-state index in [1.54, 1.807) is 0 Å². The minimum Gasteiger partial charge on any atom is -0.337 e. The van der Waals surface area contributed by atoms with Crippen molar-refractivity contribution >= 4 is 21.7 Å². The number of carbonyl (C=O) groups excluding carboxylic acids is 2. The summed E-state index contributed by atoms with van der Waals surface area (Å²) in [5.41, 5.74) is 0.489. The van der Waals surface area contributed by atoms with Crippen molar-refractivity contribution in [2.75, 3.05) is 32.7 Å². The number of piperazine rings is 1. The van der Waals surface area contributed by atoms with Gasteiger partial charge in [-0.3, -0.25) is 9.59 Å². The molecule has 1 amide bonds. The van der Waals surface area contributed by atoms with Crippen LogP contribution in [0, 0.1) is 5.92 Å². The predicted octanol–water partition coefficient (Wildman–Crippen LogP) is 1.11. The monoisotopic (exact) mass is 393 g/mol. The van der Waals surface area contributed by atoms with Gasteiger partial charge in [-0.1, -0.05) is 12.1 Å². The number of amides is 1. The van der Waals surface area contributed by atoms with Crippen molar-refractivity contribution in [3.05, 3.63) is 29.8 Å². The summed E-state index contributed by atoms with van der Waals surface area (Å²) in [4.78, 5) is 26.3. The highest BCUT2D eigenvalue weighted by molar-refractivity contribution is 7.89. The zero-order valence-corrected chi connectivity index (χ0v) is 16.7. The average Bonchev–Trinajstić information content (AvgIpc) is 2.68. The Morgan fingerprint density at radius 2 is 1.70 bits per heavy atom. The smallest absolute Gasteiger partial charge is 0.243 e. The van der Waals surface area contributed by atoms with Gasteiger partial charge in [0.25, 0.3) is 0 Å². The van der Waals surface area contributed by atoms with E-state index in [2.05, 4.69) is 5.32 Å². The third-order valence-electron chi connectivity index (χ3n) is 5.49. The number of nitrogens with zero attached hydrogens (tertiary/aromatic N) is 2. The largest absolute Gasteiger partial charge is 0.337 e. The van der Waals surface area contributed by atoms with Gasteiger partial charge in [-0.25, -0.2) is 8.42 Å². The molecule has 0 aromatic heterocycles. The normalized spacial score (nSPS) is 22.6. The summed E-state index contributed by atoms with van der Waals surface area (Å²) < 4.78 is 27.1. The molecular weight excluding hydrogens is 366 g/mol. The van der Waals surface area contributed by atoms with Crippen molar-refractivity contribution in [2.45, 2.75) is 37.6 Å². The van der Waals surface area contributed by atoms with Crippen LogP contribution in [0.2, 0.25) is 0 Å². The van der Waals surface area contributed by atoms with Gasteiger partial charge in [-0.05, 0) is 38.8 Å². The van der Waals surface area contributed by atoms with Crippen LogP contribution >= 0.6 is 0 Å². The van der Waals surface area contributed by atoms with Crippen LogP contribution in [-0.2, 0) is 14.8 Å². The van der Waals surface area contributed by atoms with Crippen molar-refractivity contribution in [1.82, 2.24) is 14.5 Å². The molecule has 2 aliphatic heterocycles. The molecule has 2 fully saturated rings. The van der Waals surface area contributed by atoms with Gasteiger partial charge in [-0.15, -0.1) is 0 Å². The molecule has 1 aromatic rings. The summed E-state index contributed by atoms with van der Waals surface area (Å²) in [6.07, 6.45) is 1.08. The van der Waals surface area contributed by atoms with Gasteiger partial charge < -0.3 is 10.2 Å². The fraction of sp³-hybridized carbons (Fsp3) is 0.579. The molecule has 1 atom stereocenters. The number of hydrogen-bond donors (Lipinski definition) is 1. The molecule has 1 aromatic carbocycles. The zero-order chi connectivity index (χ0) is 19.6. The van der Waals surface area contributed by atoms with Crippen molar-refractivity contribution in [2.24, 2.45) is 5.92 Å². The fourth-order valence-corrected chi connectivity index (χ4v) is 5.23. The topological polar surface area (TPSA) is 86.8 Å². The first-order valence-electron chi connectivity index (χ1n) is 9.43. The van der Waals surface area contributed by atoms with Gasteiger partial charge in [0.05, 0.1) is 4.90 Å². The summed E-state index contributed by atoms with van der Waals surface area (Å²) in [7, 11) is -3.60. The number of benzene rings is 1. The Kier molecular flexibility index (Phi) is 5.98. The molecule has 0 radical (unpaired) electrons. The predicted molar refractivity (Wildman–Crippen MR) is 102 cm³/mol. The third-order valence-corrected chi connectivity index (χ3v) is 7.40. The highest BCUT2D eigenvalue weighted by Gasteiger charge is 2.35. The summed E-state index contributed by atoms with van der Waals surface area (Å²) in [5, 5.41) is 3.28. The molecule has 3 rings (SSSR count). The standard InChI is InChI=1S/C19H27N3O4S/c1-14-13-20-9-12-22(14)19(24)17-7-10-21(11-8-17)27(25,26)18-5-3-16(4-6-18)15(2)23/h3-6,14,17,20H,7-13H2,1-2H3/t14-/m0/s1. The number of rotatable bonds is 4. The fourth-order valence-electron chi connectivity index (χ4n) is 3.76. The van der Waals surface area contributed by atoms with Gasteiger partial charge >= 0.3 is 0 Å². The second-order valence-corrected chi connectivity index (χ2v) is 9.28. The van der Waals surface area contributed by atoms with Crippen molar-refractivity contribution in [3.63, 3.8) is 0 Å². The molecule has 0 unspecified atom stereocenters. The van der Waals surface area contributed by atoms with E-state index in [-0.39, 0.29) is 28.5 Å². The maximum absolute atomic E-state index is 12.8. The highest BCUT2D eigenvalue weighted by Crippen LogP contribution is 2.26. The molecule has 2 aliphatic rings. The third kappa shape index (κ3) is 4.23. The van der Waals surface area contributed by atoms with Gasteiger partial charge in [0.1, 0.15) is 0 Å². The van der Waals surface area contributed by atoms with E-state index in [9.17, 15) is 18.0 Å². The Morgan fingerprint density at radius 1 is 1.07 bits per heavy atom. The minimum atomic E-state index is -3.60. The first-order chi connectivity index (χ1) is 12.8. The van der Waals surface area contributed by atoms with Crippen LogP contribution in [0.15, 0.2) is 29.2 Å². The molecule has 0 spiro atoms. The number of nitrogens with one attached hydrogen (secondary N) is 1. The summed E-state index contributed by atoms with van der Waals surface area (Å²) in [5.74, 6) is -0.0654. The van der Waals surface area contributed by atoms with Crippen LogP contribution in [0.3, 0.4) is 0 Å². The Balaban J connectivity index is 1.64. The molecule has 2 heterocycles. The SMILES string of the molecule is CC(=O)c1ccc(S(=O)(=O)N2CCC(C(=O)N3CCNC[C@@H]3C)CC2)cc1. The Bertz CT molecular complexity index is 799. The molecule has 0 aliphatic carbocycles. The van der Waals surface area contributed by atoms with E-state index in [1.165, 1.54) is 35.5 Å². The van der Waals surface area contributed by atoms with Crippen molar-refractivity contribution in [1.29, 1.82) is 0 Å². The Morgan fingerprint density at radius 3 is 2.26 bits per heavy atom. The van der Waals surface area contributed by atoms with E-state index in [4.69, 9.17) is 0 Å². The lowest BCUT2D eigenvalue weighted by atomic mass is 9.95. The van der Waals surface area contributed by atoms with Crippen LogP contribution in [-0.4, -0.2) is 68.1 Å². The van der Waals surface area contributed by atoms with Gasteiger partial charge in [0, 0.05) is 50.2 Å². The summed E-state index contributed by atoms with van der Waals surface area (Å²) in [6.45, 7) is 6.48. The molecular formula is C19H27N3O4S. The van der Waals surface area contributed by atoms with Gasteiger partial charge in [-0.2, -0.15) is 4.31 Å². The van der Waals surface area contributed by atoms with Crippen LogP contribution < -0.4 is 5.32 Å². The van der Waals surface area contributed by atoms with Crippen LogP contribution in [0.1, 0.15) is 37.0 Å². The number of piperidine rings is 1. The highest BCUT2D eigenvalue weighted by atomic mass is 32.2. The first kappa shape index (κ1) is 20.0. The molecule has 1 N–H and O–H groups in total. The molecule has 0 bridgehead atoms. The maximum Gasteiger partial charge on any atom is 0.243 e. The number of ketones is 1. The molecule has 7 nitrogen and oxygen atoms in total. The lowest BCUT2D eigenvalue weighted by molar-refractivity contribution is -0.139. The number of sulfonamides is 1. The second kappa shape index (κ2) is 8.08. The second-order valence-electron chi connectivity index (χ2n) is 7.34. The number of hydrogen-bond acceptors (Lipinski definition) is 5. The molecule has 8 heteroatoms. The van der Waals surface area contributed by atoms with E-state index in [0.29, 0.717) is 38.0 Å². The van der Waals surface area contributed by atoms with Gasteiger partial charge in [0.15, 0.2) is 5.78 Å².